The third-order valence-corrected chi connectivity index (χ3v) is 5.67. The summed E-state index contributed by atoms with van der Waals surface area (Å²) in [4.78, 5) is 1.26. The van der Waals surface area contributed by atoms with E-state index in [0.29, 0.717) is 15.1 Å². The Morgan fingerprint density at radius 2 is 1.89 bits per heavy atom. The second kappa shape index (κ2) is 6.79. The molecule has 1 aromatic heterocycles. The average molecular weight is 400 g/mol. The van der Waals surface area contributed by atoms with Gasteiger partial charge in [-0.15, -0.1) is 11.3 Å². The molecule has 0 spiro atoms. The van der Waals surface area contributed by atoms with Crippen LogP contribution in [0.25, 0.3) is 0 Å². The minimum atomic E-state index is 0.100. The normalized spacial score (nSPS) is 12.7. The molecule has 1 aromatic carbocycles. The highest BCUT2D eigenvalue weighted by Gasteiger charge is 2.14. The largest absolute Gasteiger partial charge is 0.305 e. The molecule has 0 saturated heterocycles. The lowest BCUT2D eigenvalue weighted by molar-refractivity contribution is 0.579. The van der Waals surface area contributed by atoms with Crippen LogP contribution in [0, 0.1) is 0 Å². The summed E-state index contributed by atoms with van der Waals surface area (Å²) in [5.41, 5.74) is 0.951. The van der Waals surface area contributed by atoms with Gasteiger partial charge in [-0.05, 0) is 46.6 Å². The lowest BCUT2D eigenvalue weighted by Crippen LogP contribution is -2.17. The van der Waals surface area contributed by atoms with Gasteiger partial charge in [-0.25, -0.2) is 0 Å². The summed E-state index contributed by atoms with van der Waals surface area (Å²) >= 11 is 23.4. The van der Waals surface area contributed by atoms with Crippen LogP contribution >= 0.6 is 62.1 Å². The van der Waals surface area contributed by atoms with Gasteiger partial charge in [0.15, 0.2) is 0 Å². The maximum Gasteiger partial charge on any atom is 0.0781 e. The van der Waals surface area contributed by atoms with Gasteiger partial charge in [0.1, 0.15) is 0 Å². The first-order valence-electron chi connectivity index (χ1n) is 5.60. The fourth-order valence-electron chi connectivity index (χ4n) is 1.69. The van der Waals surface area contributed by atoms with Crippen LogP contribution in [0.5, 0.6) is 0 Å². The van der Waals surface area contributed by atoms with Crippen molar-refractivity contribution in [3.8, 4) is 0 Å². The van der Waals surface area contributed by atoms with E-state index in [9.17, 15) is 0 Å². The molecule has 0 aliphatic rings. The maximum absolute atomic E-state index is 6.22. The van der Waals surface area contributed by atoms with Crippen LogP contribution in [0.4, 0.5) is 0 Å². The van der Waals surface area contributed by atoms with Gasteiger partial charge < -0.3 is 5.32 Å². The highest BCUT2D eigenvalue weighted by molar-refractivity contribution is 9.11. The summed E-state index contributed by atoms with van der Waals surface area (Å²) in [7, 11) is 0. The van der Waals surface area contributed by atoms with Gasteiger partial charge in [0.05, 0.1) is 18.9 Å². The highest BCUT2D eigenvalue weighted by atomic mass is 79.9. The number of rotatable bonds is 4. The van der Waals surface area contributed by atoms with E-state index in [1.807, 2.05) is 19.1 Å². The molecule has 1 heterocycles. The zero-order chi connectivity index (χ0) is 14.0. The Balaban J connectivity index is 2.08. The Morgan fingerprint density at radius 1 is 1.16 bits per heavy atom. The molecule has 0 amide bonds. The molecule has 0 radical (unpaired) electrons. The van der Waals surface area contributed by atoms with Gasteiger partial charge in [-0.1, -0.05) is 40.9 Å². The van der Waals surface area contributed by atoms with Crippen LogP contribution in [0.1, 0.15) is 23.4 Å². The molecular weight excluding hydrogens is 388 g/mol. The molecule has 0 saturated carbocycles. The predicted molar refractivity (Wildman–Crippen MR) is 88.7 cm³/mol. The van der Waals surface area contributed by atoms with Crippen molar-refractivity contribution in [2.75, 3.05) is 0 Å². The van der Waals surface area contributed by atoms with E-state index in [4.69, 9.17) is 34.8 Å². The van der Waals surface area contributed by atoms with Crippen LogP contribution in [0.2, 0.25) is 15.1 Å². The number of hydrogen-bond donors (Lipinski definition) is 1. The van der Waals surface area contributed by atoms with E-state index in [-0.39, 0.29) is 6.04 Å². The fraction of sp³-hybridized carbons (Fsp3) is 0.231. The average Bonchev–Trinajstić information content (AvgIpc) is 2.79. The van der Waals surface area contributed by atoms with Crippen molar-refractivity contribution < 1.29 is 0 Å². The smallest absolute Gasteiger partial charge is 0.0781 e. The fourth-order valence-corrected chi connectivity index (χ4v) is 3.83. The van der Waals surface area contributed by atoms with Crippen LogP contribution in [0.3, 0.4) is 0 Å². The van der Waals surface area contributed by atoms with Gasteiger partial charge >= 0.3 is 0 Å². The quantitative estimate of drug-likeness (QED) is 0.593. The monoisotopic (exact) mass is 397 g/mol. The molecule has 2 aromatic rings. The molecule has 0 fully saturated rings. The van der Waals surface area contributed by atoms with Crippen LogP contribution in [-0.4, -0.2) is 0 Å². The molecule has 1 N–H and O–H groups in total. The summed E-state index contributed by atoms with van der Waals surface area (Å²) in [6.45, 7) is 2.84. The third-order valence-electron chi connectivity index (χ3n) is 2.74. The molecule has 1 unspecified atom stereocenters. The molecule has 6 heteroatoms. The number of benzene rings is 1. The first-order chi connectivity index (χ1) is 8.99. The van der Waals surface area contributed by atoms with Crippen molar-refractivity contribution in [3.05, 3.63) is 53.6 Å². The Labute approximate surface area is 140 Å². The van der Waals surface area contributed by atoms with Gasteiger partial charge in [0.25, 0.3) is 0 Å². The van der Waals surface area contributed by atoms with Crippen molar-refractivity contribution in [3.63, 3.8) is 0 Å². The van der Waals surface area contributed by atoms with Gasteiger partial charge in [0, 0.05) is 17.5 Å². The summed E-state index contributed by atoms with van der Waals surface area (Å²) in [5, 5.41) is 4.82. The molecule has 0 bridgehead atoms. The molecule has 19 heavy (non-hydrogen) atoms. The molecule has 0 aliphatic carbocycles. The van der Waals surface area contributed by atoms with E-state index < -0.39 is 0 Å². The molecule has 102 valence electrons. The maximum atomic E-state index is 6.22. The van der Waals surface area contributed by atoms with Crippen molar-refractivity contribution in [1.29, 1.82) is 0 Å². The number of thiophene rings is 1. The predicted octanol–water partition coefficient (Wildman–Crippen LogP) is 6.32. The first kappa shape index (κ1) is 15.6. The number of halogens is 4. The Kier molecular flexibility index (Phi) is 5.58. The van der Waals surface area contributed by atoms with E-state index in [1.54, 1.807) is 17.4 Å². The van der Waals surface area contributed by atoms with Crippen LogP contribution in [0.15, 0.2) is 28.1 Å². The summed E-state index contributed by atoms with van der Waals surface area (Å²) in [6, 6.07) is 7.90. The van der Waals surface area contributed by atoms with Crippen LogP contribution < -0.4 is 5.32 Å². The molecule has 2 rings (SSSR count). The first-order valence-corrected chi connectivity index (χ1v) is 8.34. The van der Waals surface area contributed by atoms with E-state index in [2.05, 4.69) is 27.3 Å². The standard InChI is InChI=1S/C13H11BrCl3NS/c1-7(18-6-8-2-5-11(14)19-8)9-3-4-10(15)13(17)12(9)16/h2-5,7,18H,6H2,1H3. The summed E-state index contributed by atoms with van der Waals surface area (Å²) in [6.07, 6.45) is 0. The second-order valence-electron chi connectivity index (χ2n) is 4.07. The van der Waals surface area contributed by atoms with Crippen molar-refractivity contribution in [2.24, 2.45) is 0 Å². The zero-order valence-electron chi connectivity index (χ0n) is 10.0. The molecule has 1 nitrogen and oxygen atoms in total. The van der Waals surface area contributed by atoms with Crippen molar-refractivity contribution in [2.45, 2.75) is 19.5 Å². The summed E-state index contributed by atoms with van der Waals surface area (Å²) in [5.74, 6) is 0. The van der Waals surface area contributed by atoms with Crippen molar-refractivity contribution in [1.82, 2.24) is 5.32 Å². The molecule has 1 atom stereocenters. The third kappa shape index (κ3) is 3.87. The Bertz CT molecular complexity index is 585. The SMILES string of the molecule is CC(NCc1ccc(Br)s1)c1ccc(Cl)c(Cl)c1Cl. The second-order valence-corrected chi connectivity index (χ2v) is 7.78. The lowest BCUT2D eigenvalue weighted by atomic mass is 10.1. The topological polar surface area (TPSA) is 12.0 Å². The Morgan fingerprint density at radius 3 is 2.53 bits per heavy atom. The van der Waals surface area contributed by atoms with Gasteiger partial charge in [-0.3, -0.25) is 0 Å². The zero-order valence-corrected chi connectivity index (χ0v) is 14.7. The van der Waals surface area contributed by atoms with E-state index in [0.717, 1.165) is 15.9 Å². The molecular formula is C13H11BrCl3NS. The van der Waals surface area contributed by atoms with E-state index >= 15 is 0 Å². The van der Waals surface area contributed by atoms with Gasteiger partial charge in [0.2, 0.25) is 0 Å². The Hall–Kier alpha value is 0.230. The lowest BCUT2D eigenvalue weighted by Gasteiger charge is -2.16. The minimum Gasteiger partial charge on any atom is -0.305 e. The molecule has 0 aliphatic heterocycles. The van der Waals surface area contributed by atoms with E-state index in [1.165, 1.54) is 4.88 Å². The number of hydrogen-bond acceptors (Lipinski definition) is 2. The number of nitrogens with one attached hydrogen (secondary N) is 1. The highest BCUT2D eigenvalue weighted by Crippen LogP contribution is 2.35. The van der Waals surface area contributed by atoms with Gasteiger partial charge in [-0.2, -0.15) is 0 Å². The van der Waals surface area contributed by atoms with Crippen LogP contribution in [-0.2, 0) is 6.54 Å². The minimum absolute atomic E-state index is 0.100. The van der Waals surface area contributed by atoms with Crippen molar-refractivity contribution >= 4 is 62.1 Å². The summed E-state index contributed by atoms with van der Waals surface area (Å²) < 4.78 is 1.13.